The van der Waals surface area contributed by atoms with E-state index in [4.69, 9.17) is 4.74 Å². The van der Waals surface area contributed by atoms with Gasteiger partial charge in [0.2, 0.25) is 0 Å². The van der Waals surface area contributed by atoms with Crippen molar-refractivity contribution in [2.75, 3.05) is 12.4 Å². The maximum atomic E-state index is 12.3. The molecule has 3 aromatic rings. The van der Waals surface area contributed by atoms with Crippen molar-refractivity contribution in [2.45, 2.75) is 0 Å². The summed E-state index contributed by atoms with van der Waals surface area (Å²) in [5.41, 5.74) is 2.28. The molecule has 1 amide bonds. The highest BCUT2D eigenvalue weighted by Crippen LogP contribution is 2.21. The van der Waals surface area contributed by atoms with E-state index in [1.165, 1.54) is 6.07 Å². The van der Waals surface area contributed by atoms with E-state index in [0.717, 1.165) is 5.56 Å². The SMILES string of the molecule is COc1cccc(C(=O)Nc2cccc(-c3ccc(=O)[nH]n3)c2)c1. The van der Waals surface area contributed by atoms with Crippen LogP contribution in [-0.2, 0) is 0 Å². The molecule has 120 valence electrons. The van der Waals surface area contributed by atoms with Gasteiger partial charge >= 0.3 is 0 Å². The maximum absolute atomic E-state index is 12.3. The van der Waals surface area contributed by atoms with Gasteiger partial charge in [0.1, 0.15) is 5.75 Å². The van der Waals surface area contributed by atoms with E-state index in [-0.39, 0.29) is 11.5 Å². The summed E-state index contributed by atoms with van der Waals surface area (Å²) in [6.45, 7) is 0. The fraction of sp³-hybridized carbons (Fsp3) is 0.0556. The lowest BCUT2D eigenvalue weighted by Gasteiger charge is -2.08. The van der Waals surface area contributed by atoms with E-state index in [1.807, 2.05) is 12.1 Å². The summed E-state index contributed by atoms with van der Waals surface area (Å²) in [5, 5.41) is 9.21. The monoisotopic (exact) mass is 321 g/mol. The molecule has 0 atom stereocenters. The first-order chi connectivity index (χ1) is 11.7. The van der Waals surface area contributed by atoms with Crippen LogP contribution in [-0.4, -0.2) is 23.2 Å². The van der Waals surface area contributed by atoms with Crippen molar-refractivity contribution in [3.8, 4) is 17.0 Å². The Morgan fingerprint density at radius 2 is 1.92 bits per heavy atom. The van der Waals surface area contributed by atoms with Crippen molar-refractivity contribution >= 4 is 11.6 Å². The number of carbonyl (C=O) groups excluding carboxylic acids is 1. The molecule has 0 fully saturated rings. The molecule has 1 heterocycles. The zero-order valence-electron chi connectivity index (χ0n) is 12.9. The van der Waals surface area contributed by atoms with Crippen LogP contribution in [0.2, 0.25) is 0 Å². The zero-order valence-corrected chi connectivity index (χ0v) is 12.9. The number of H-pyrrole nitrogens is 1. The van der Waals surface area contributed by atoms with Crippen molar-refractivity contribution in [1.29, 1.82) is 0 Å². The molecule has 0 aliphatic heterocycles. The number of nitrogens with one attached hydrogen (secondary N) is 2. The van der Waals surface area contributed by atoms with E-state index >= 15 is 0 Å². The second-order valence-electron chi connectivity index (χ2n) is 5.07. The standard InChI is InChI=1S/C18H15N3O3/c1-24-15-7-3-5-13(11-15)18(23)19-14-6-2-4-12(10-14)16-8-9-17(22)21-20-16/h2-11H,1H3,(H,19,23)(H,21,22). The normalized spacial score (nSPS) is 10.2. The molecule has 2 aromatic carbocycles. The highest BCUT2D eigenvalue weighted by molar-refractivity contribution is 6.04. The predicted molar refractivity (Wildman–Crippen MR) is 91.2 cm³/mol. The number of methoxy groups -OCH3 is 1. The van der Waals surface area contributed by atoms with Crippen LogP contribution < -0.4 is 15.6 Å². The van der Waals surface area contributed by atoms with E-state index in [2.05, 4.69) is 15.5 Å². The van der Waals surface area contributed by atoms with E-state index < -0.39 is 0 Å². The lowest BCUT2D eigenvalue weighted by atomic mass is 10.1. The lowest BCUT2D eigenvalue weighted by molar-refractivity contribution is 0.102. The molecule has 0 aliphatic rings. The molecule has 0 bridgehead atoms. The number of aromatic nitrogens is 2. The molecule has 0 radical (unpaired) electrons. The Bertz CT molecular complexity index is 914. The van der Waals surface area contributed by atoms with Crippen molar-refractivity contribution in [1.82, 2.24) is 10.2 Å². The fourth-order valence-corrected chi connectivity index (χ4v) is 2.23. The Balaban J connectivity index is 1.82. The van der Waals surface area contributed by atoms with Crippen LogP contribution in [0.5, 0.6) is 5.75 Å². The second kappa shape index (κ2) is 6.78. The summed E-state index contributed by atoms with van der Waals surface area (Å²) in [6, 6.07) is 17.2. The van der Waals surface area contributed by atoms with E-state index in [1.54, 1.807) is 49.6 Å². The number of benzene rings is 2. The molecule has 0 spiro atoms. The number of hydrogen-bond donors (Lipinski definition) is 2. The predicted octanol–water partition coefficient (Wildman–Crippen LogP) is 2.70. The van der Waals surface area contributed by atoms with Crippen molar-refractivity contribution < 1.29 is 9.53 Å². The molecule has 0 saturated heterocycles. The topological polar surface area (TPSA) is 84.1 Å². The van der Waals surface area contributed by atoms with Crippen LogP contribution >= 0.6 is 0 Å². The molecule has 24 heavy (non-hydrogen) atoms. The number of ether oxygens (including phenoxy) is 1. The highest BCUT2D eigenvalue weighted by atomic mass is 16.5. The van der Waals surface area contributed by atoms with E-state index in [0.29, 0.717) is 22.7 Å². The van der Waals surface area contributed by atoms with Gasteiger partial charge in [-0.2, -0.15) is 5.10 Å². The quantitative estimate of drug-likeness (QED) is 0.774. The summed E-state index contributed by atoms with van der Waals surface area (Å²) in [5.74, 6) is 0.384. The van der Waals surface area contributed by atoms with Gasteiger partial charge in [0, 0.05) is 22.9 Å². The third-order valence-electron chi connectivity index (χ3n) is 3.43. The molecule has 6 heteroatoms. The molecule has 0 aliphatic carbocycles. The molecule has 0 unspecified atom stereocenters. The van der Waals surface area contributed by atoms with Crippen LogP contribution in [0.3, 0.4) is 0 Å². The number of aromatic amines is 1. The van der Waals surface area contributed by atoms with Gasteiger partial charge in [0.15, 0.2) is 0 Å². The first-order valence-corrected chi connectivity index (χ1v) is 7.27. The molecular weight excluding hydrogens is 306 g/mol. The zero-order chi connectivity index (χ0) is 16.9. The Kier molecular flexibility index (Phi) is 4.38. The summed E-state index contributed by atoms with van der Waals surface area (Å²) >= 11 is 0. The third kappa shape index (κ3) is 3.49. The number of rotatable bonds is 4. The third-order valence-corrected chi connectivity index (χ3v) is 3.43. The lowest BCUT2D eigenvalue weighted by Crippen LogP contribution is -2.12. The van der Waals surface area contributed by atoms with Crippen LogP contribution in [0, 0.1) is 0 Å². The van der Waals surface area contributed by atoms with Gasteiger partial charge in [-0.15, -0.1) is 0 Å². The molecule has 3 rings (SSSR count). The van der Waals surface area contributed by atoms with Gasteiger partial charge in [0.25, 0.3) is 11.5 Å². The van der Waals surface area contributed by atoms with Gasteiger partial charge < -0.3 is 10.1 Å². The number of amides is 1. The minimum Gasteiger partial charge on any atom is -0.497 e. The molecule has 2 N–H and O–H groups in total. The number of anilines is 1. The first-order valence-electron chi connectivity index (χ1n) is 7.27. The van der Waals surface area contributed by atoms with Crippen molar-refractivity contribution in [2.24, 2.45) is 0 Å². The van der Waals surface area contributed by atoms with Gasteiger partial charge in [-0.3, -0.25) is 9.59 Å². The fourth-order valence-electron chi connectivity index (χ4n) is 2.23. The van der Waals surface area contributed by atoms with Gasteiger partial charge in [-0.05, 0) is 36.4 Å². The van der Waals surface area contributed by atoms with Crippen LogP contribution in [0.4, 0.5) is 5.69 Å². The van der Waals surface area contributed by atoms with Gasteiger partial charge in [-0.25, -0.2) is 5.10 Å². The molecule has 1 aromatic heterocycles. The first kappa shape index (κ1) is 15.5. The average Bonchev–Trinajstić information content (AvgIpc) is 2.62. The summed E-state index contributed by atoms with van der Waals surface area (Å²) in [6.07, 6.45) is 0. The Hall–Kier alpha value is -3.41. The Morgan fingerprint density at radius 1 is 1.08 bits per heavy atom. The second-order valence-corrected chi connectivity index (χ2v) is 5.07. The largest absolute Gasteiger partial charge is 0.497 e. The number of nitrogens with zero attached hydrogens (tertiary/aromatic N) is 1. The van der Waals surface area contributed by atoms with Gasteiger partial charge in [0.05, 0.1) is 12.8 Å². The molecule has 6 nitrogen and oxygen atoms in total. The average molecular weight is 321 g/mol. The Labute approximate surface area is 138 Å². The minimum atomic E-state index is -0.263. The van der Waals surface area contributed by atoms with Gasteiger partial charge in [-0.1, -0.05) is 18.2 Å². The van der Waals surface area contributed by atoms with E-state index in [9.17, 15) is 9.59 Å². The number of carbonyl (C=O) groups is 1. The van der Waals surface area contributed by atoms with Crippen LogP contribution in [0.25, 0.3) is 11.3 Å². The van der Waals surface area contributed by atoms with Crippen molar-refractivity contribution in [3.63, 3.8) is 0 Å². The minimum absolute atomic E-state index is 0.236. The van der Waals surface area contributed by atoms with Crippen LogP contribution in [0.15, 0.2) is 65.5 Å². The Morgan fingerprint density at radius 3 is 2.67 bits per heavy atom. The molecule has 0 saturated carbocycles. The highest BCUT2D eigenvalue weighted by Gasteiger charge is 2.08. The summed E-state index contributed by atoms with van der Waals surface area (Å²) in [4.78, 5) is 23.4. The summed E-state index contributed by atoms with van der Waals surface area (Å²) in [7, 11) is 1.55. The van der Waals surface area contributed by atoms with Crippen LogP contribution in [0.1, 0.15) is 10.4 Å². The van der Waals surface area contributed by atoms with Crippen molar-refractivity contribution in [3.05, 3.63) is 76.6 Å². The maximum Gasteiger partial charge on any atom is 0.264 e. The molecular formula is C18H15N3O3. The number of hydrogen-bond acceptors (Lipinski definition) is 4. The smallest absolute Gasteiger partial charge is 0.264 e. The summed E-state index contributed by atoms with van der Waals surface area (Å²) < 4.78 is 5.12.